The predicted octanol–water partition coefficient (Wildman–Crippen LogP) is 12.5. The number of likely N-dealkylation sites (N-methyl/N-ethyl adjacent to an activating group) is 2. The van der Waals surface area contributed by atoms with E-state index in [4.69, 9.17) is 82.2 Å². The van der Waals surface area contributed by atoms with Crippen molar-refractivity contribution < 1.29 is 116 Å². The lowest BCUT2D eigenvalue weighted by Crippen LogP contribution is -2.52. The van der Waals surface area contributed by atoms with Crippen LogP contribution in [-0.2, 0) is 56.1 Å². The third-order valence-corrected chi connectivity index (χ3v) is 7.65. The Morgan fingerprint density at radius 1 is 0.600 bits per heavy atom. The fourth-order valence-electron chi connectivity index (χ4n) is 5.07. The Bertz CT molecular complexity index is 1730. The fraction of sp³-hybridized carbons (Fsp3) is 0.600. The highest BCUT2D eigenvalue weighted by molar-refractivity contribution is 5.85. The molecule has 0 aliphatic heterocycles. The number of aliphatic hydroxyl groups excluding tert-OH is 1. The van der Waals surface area contributed by atoms with E-state index in [-0.39, 0.29) is 20.6 Å². The minimum absolute atomic E-state index is 0. The van der Waals surface area contributed by atoms with Crippen LogP contribution in [0.5, 0.6) is 0 Å². The van der Waals surface area contributed by atoms with E-state index in [0.29, 0.717) is 0 Å². The zero-order chi connectivity index (χ0) is 82.1. The van der Waals surface area contributed by atoms with Gasteiger partial charge in [0.15, 0.2) is 6.10 Å². The second kappa shape index (κ2) is 24.8. The van der Waals surface area contributed by atoms with Crippen molar-refractivity contribution in [3.05, 3.63) is 71.8 Å². The Balaban J connectivity index is -0.0000000415. The molecule has 0 aliphatic carbocycles. The number of hydrogen-bond acceptors (Lipinski definition) is 12. The third-order valence-electron chi connectivity index (χ3n) is 7.65. The molecule has 0 aliphatic rings. The molecule has 0 heterocycles. The van der Waals surface area contributed by atoms with Crippen molar-refractivity contribution in [2.75, 3.05) is 14.1 Å². The van der Waals surface area contributed by atoms with Gasteiger partial charge in [-0.1, -0.05) is 110 Å². The quantitative estimate of drug-likeness (QED) is 0.160. The summed E-state index contributed by atoms with van der Waals surface area (Å²) in [5, 5.41) is 18.0. The van der Waals surface area contributed by atoms with Gasteiger partial charge in [0, 0.05) is 67.5 Å². The van der Waals surface area contributed by atoms with Gasteiger partial charge in [-0.2, -0.15) is 0 Å². The number of hydrogen-bond donors (Lipinski definition) is 2. The molecule has 0 saturated heterocycles. The molecule has 376 valence electrons. The molecule has 0 unspecified atom stereocenters. The number of carbonyl (C=O) groups excluding carboxylic acids is 5. The molecule has 15 nitrogen and oxygen atoms in total. The number of esters is 3. The number of rotatable bonds is 11. The molecule has 2 aromatic rings. The summed E-state index contributed by atoms with van der Waals surface area (Å²) in [6, 6.07) is 16.7. The number of carbonyl (C=O) groups is 6. The number of nitrogens with zero attached hydrogens (tertiary/aromatic N) is 2. The first kappa shape index (κ1) is 31.7. The van der Waals surface area contributed by atoms with Crippen LogP contribution < -0.4 is 0 Å². The van der Waals surface area contributed by atoms with Crippen molar-refractivity contribution in [1.82, 2.24) is 9.80 Å². The van der Waals surface area contributed by atoms with Crippen LogP contribution in [0.2, 0.25) is 0 Å². The van der Waals surface area contributed by atoms with Gasteiger partial charge in [0.2, 0.25) is 0 Å². The summed E-state index contributed by atoms with van der Waals surface area (Å²) in [6.45, 7) is 24.3. The van der Waals surface area contributed by atoms with E-state index in [1.807, 2.05) is 60.7 Å². The summed E-state index contributed by atoms with van der Waals surface area (Å²) in [5.41, 5.74) is -0.792. The average molecular weight is 922 g/mol. The van der Waals surface area contributed by atoms with Crippen LogP contribution in [0.4, 0.5) is 9.59 Å². The van der Waals surface area contributed by atoms with Gasteiger partial charge < -0.3 is 33.9 Å². The second-order valence-corrected chi connectivity index (χ2v) is 18.0. The summed E-state index contributed by atoms with van der Waals surface area (Å²) >= 11 is 0. The van der Waals surface area contributed by atoms with E-state index in [2.05, 4.69) is 0 Å². The smallest absolute Gasteiger partial charge is 0.410 e. The van der Waals surface area contributed by atoms with Crippen molar-refractivity contribution in [1.29, 1.82) is 0 Å². The summed E-state index contributed by atoms with van der Waals surface area (Å²) in [4.78, 5) is 73.6. The molecule has 2 aromatic carbocycles. The van der Waals surface area contributed by atoms with Gasteiger partial charge in [-0.25, -0.2) is 28.8 Å². The van der Waals surface area contributed by atoms with Gasteiger partial charge in [0.25, 0.3) is 0 Å². The third kappa shape index (κ3) is 22.8. The summed E-state index contributed by atoms with van der Waals surface area (Å²) in [7, 11) is 2.92. The lowest BCUT2D eigenvalue weighted by Gasteiger charge is -2.37. The van der Waals surface area contributed by atoms with Crippen LogP contribution in [0.1, 0.15) is 169 Å². The van der Waals surface area contributed by atoms with E-state index in [1.54, 1.807) is 83.1 Å². The highest BCUT2D eigenvalue weighted by Gasteiger charge is 2.41. The lowest BCUT2D eigenvalue weighted by molar-refractivity contribution is -0.172. The normalized spacial score (nSPS) is 15.7. The molecule has 2 rings (SSSR count). The minimum atomic E-state index is -1.11. The maximum atomic E-state index is 12.8. The minimum Gasteiger partial charge on any atom is -0.480 e. The van der Waals surface area contributed by atoms with Gasteiger partial charge in [-0.05, 0) is 77.3 Å². The van der Waals surface area contributed by atoms with Gasteiger partial charge in [0.05, 0.1) is 0 Å². The molecule has 0 radical (unpaired) electrons. The van der Waals surface area contributed by atoms with E-state index in [9.17, 15) is 33.9 Å². The number of aliphatic hydroxyl groups is 1. The molecule has 0 bridgehead atoms. The van der Waals surface area contributed by atoms with E-state index >= 15 is 0 Å². The summed E-state index contributed by atoms with van der Waals surface area (Å²) < 4.78 is 206. The predicted molar refractivity (Wildman–Crippen MR) is 267 cm³/mol. The SMILES string of the molecule is C.CN(C(=O)OC(C)(C)C)[C@H](C(=O)O)C(C)(C)C.C[C@@H](OC(=O)[C@@H](N(C)C(=O)OC(C)(C)C)C(C)(C)C)C(=O)OCc1ccccc1.C[C@H](O)C(=O)OCc1ccccc1.[2H][2H].[2H][2H].[2H][2H].[2H][2H].[2H][2H].[2H][2H].[2H][2H].[2H][2H].[2H][2H].[2H][2H].[2H][2H].[2H][2H].[2H][2H].[2H][2H].[2H][2H].[2H][2H].[2H][2H].[2H][2H]. The number of amides is 2. The van der Waals surface area contributed by atoms with Crippen molar-refractivity contribution in [2.24, 2.45) is 10.8 Å². The molecule has 0 saturated carbocycles. The highest BCUT2D eigenvalue weighted by Crippen LogP contribution is 2.27. The molecule has 60 heavy (non-hydrogen) atoms. The van der Waals surface area contributed by atoms with Crippen molar-refractivity contribution >= 4 is 36.1 Å². The number of carboxylic acids is 1. The first-order valence-corrected chi connectivity index (χ1v) is 19.2. The van der Waals surface area contributed by atoms with E-state index in [1.165, 1.54) is 32.8 Å². The monoisotopic (exact) mass is 921 g/mol. The molecule has 2 N–H and O–H groups in total. The van der Waals surface area contributed by atoms with Crippen molar-refractivity contribution in [3.8, 4) is 0 Å². The van der Waals surface area contributed by atoms with Gasteiger partial charge >= 0.3 is 36.1 Å². The van der Waals surface area contributed by atoms with Crippen LogP contribution in [0.3, 0.4) is 0 Å². The van der Waals surface area contributed by atoms with Crippen LogP contribution in [0.25, 0.3) is 0 Å². The Hall–Kier alpha value is -5.18. The van der Waals surface area contributed by atoms with Crippen LogP contribution >= 0.6 is 0 Å². The second-order valence-electron chi connectivity index (χ2n) is 18.0. The molecule has 0 spiro atoms. The van der Waals surface area contributed by atoms with Gasteiger partial charge in [0.1, 0.15) is 42.6 Å². The Labute approximate surface area is 413 Å². The van der Waals surface area contributed by atoms with Crippen LogP contribution in [-0.4, -0.2) is 106 Å². The highest BCUT2D eigenvalue weighted by atomic mass is 16.6. The Morgan fingerprint density at radius 2 is 0.933 bits per heavy atom. The average Bonchev–Trinajstić information content (AvgIpc) is 2.01. The Kier molecular flexibility index (Phi) is 13.1. The van der Waals surface area contributed by atoms with E-state index in [0.717, 1.165) is 16.0 Å². The largest absolute Gasteiger partial charge is 0.480 e. The number of ether oxygens (including phenoxy) is 5. The zero-order valence-electron chi connectivity index (χ0n) is 73.8. The zero-order valence-corrected chi connectivity index (χ0v) is 37.8. The number of carboxylic acid groups (broad SMARTS) is 1. The van der Waals surface area contributed by atoms with Gasteiger partial charge in [-0.15, -0.1) is 0 Å². The van der Waals surface area contributed by atoms with Crippen molar-refractivity contribution in [3.63, 3.8) is 0 Å². The van der Waals surface area contributed by atoms with Crippen LogP contribution in [0, 0.1) is 10.8 Å². The fourth-order valence-corrected chi connectivity index (χ4v) is 5.07. The molecule has 0 fully saturated rings. The molecular weight excluding hydrogens is 776 g/mol. The molecule has 4 atom stereocenters. The summed E-state index contributed by atoms with van der Waals surface area (Å²) in [6.07, 6.45) is -3.43. The Morgan fingerprint density at radius 3 is 1.23 bits per heavy atom. The standard InChI is InChI=1S/C22H33NO6.C12H23NO4.C10H12O3.CH4.18H2/c1-15(18(24)27-14-16-12-10-9-11-13-16)28-19(25)17(21(2,3)4)23(8)20(26)29-22(5,6)7;1-11(2,3)8(9(14)15)13(7)10(16)17-12(4,5)6;1-8(11)10(12)13-7-9-5-3-2-4-6-9;;;;;;;;;;;;;;;;;;;/h9-13,15,17H,14H2,1-8H3;8H,1-7H3,(H,14,15);2-6,8,11H,7H2,1H3;1H4;18*1H/t15-,17-;2*8-;;;;;;;;;;;;;;;;;;;/m110.................../s1/i;;;;18*1+1D. The van der Waals surface area contributed by atoms with Gasteiger partial charge in [-0.3, -0.25) is 9.80 Å². The number of benzene rings is 2. The van der Waals surface area contributed by atoms with Crippen molar-refractivity contribution in [2.45, 2.75) is 153 Å². The number of aliphatic carboxylic acids is 1. The molecular formula is C45H108N2O13. The summed E-state index contributed by atoms with van der Waals surface area (Å²) in [5.74, 6) is -2.99. The lowest BCUT2D eigenvalue weighted by atomic mass is 9.86. The molecule has 15 heteroatoms. The van der Waals surface area contributed by atoms with E-state index < -0.39 is 82.4 Å². The molecule has 0 aromatic heterocycles. The first-order chi connectivity index (χ1) is 44.8. The maximum absolute atomic E-state index is 12.8. The van der Waals surface area contributed by atoms with Crippen LogP contribution in [0.15, 0.2) is 60.7 Å². The maximum Gasteiger partial charge on any atom is 0.410 e. The molecule has 2 amide bonds. The first-order valence-electron chi connectivity index (χ1n) is 37.2. The topological polar surface area (TPSA) is 196 Å².